The highest BCUT2D eigenvalue weighted by Crippen LogP contribution is 2.30. The Kier molecular flexibility index (Phi) is 5.77. The molecule has 3 aromatic rings. The smallest absolute Gasteiger partial charge is 0.262 e. The third kappa shape index (κ3) is 4.77. The molecule has 0 radical (unpaired) electrons. The number of carbonyl (C=O) groups is 1. The Morgan fingerprint density at radius 2 is 1.71 bits per heavy atom. The summed E-state index contributed by atoms with van der Waals surface area (Å²) in [5.74, 6) is 0.129. The monoisotopic (exact) mass is 442 g/mol. The fraction of sp³-hybridized carbons (Fsp3) is 0.136. The van der Waals surface area contributed by atoms with E-state index in [9.17, 15) is 17.6 Å². The standard InChI is InChI=1S/C22H19FN2O5S/c23-18-6-1-2-7-19(18)25-31(27,28)17-5-3-4-16(13-17)22(26)24-14-15-8-9-20-21(12-15)30-11-10-29-20/h1-9,12-13,25H,10-11,14H2,(H,24,26). The summed E-state index contributed by atoms with van der Waals surface area (Å²) in [7, 11) is -4.07. The van der Waals surface area contributed by atoms with Gasteiger partial charge in [0.2, 0.25) is 0 Å². The second kappa shape index (κ2) is 8.65. The second-order valence-electron chi connectivity index (χ2n) is 6.77. The van der Waals surface area contributed by atoms with Crippen molar-refractivity contribution in [1.29, 1.82) is 0 Å². The molecule has 1 aliphatic heterocycles. The molecule has 0 unspecified atom stereocenters. The fourth-order valence-corrected chi connectivity index (χ4v) is 4.15. The van der Waals surface area contributed by atoms with E-state index in [1.54, 1.807) is 12.1 Å². The van der Waals surface area contributed by atoms with E-state index in [4.69, 9.17) is 9.47 Å². The molecule has 0 fully saturated rings. The zero-order chi connectivity index (χ0) is 21.8. The van der Waals surface area contributed by atoms with Crippen LogP contribution in [0.2, 0.25) is 0 Å². The molecule has 7 nitrogen and oxygen atoms in total. The number of sulfonamides is 1. The summed E-state index contributed by atoms with van der Waals surface area (Å²) in [6.07, 6.45) is 0. The Morgan fingerprint density at radius 3 is 2.52 bits per heavy atom. The maximum absolute atomic E-state index is 13.8. The Bertz CT molecular complexity index is 1230. The van der Waals surface area contributed by atoms with Gasteiger partial charge in [0.25, 0.3) is 15.9 Å². The lowest BCUT2D eigenvalue weighted by Crippen LogP contribution is -2.23. The maximum Gasteiger partial charge on any atom is 0.262 e. The zero-order valence-electron chi connectivity index (χ0n) is 16.3. The first-order chi connectivity index (χ1) is 14.9. The summed E-state index contributed by atoms with van der Waals surface area (Å²) in [4.78, 5) is 12.4. The van der Waals surface area contributed by atoms with Crippen LogP contribution in [0.15, 0.2) is 71.6 Å². The summed E-state index contributed by atoms with van der Waals surface area (Å²) in [5.41, 5.74) is 0.799. The minimum absolute atomic E-state index is 0.150. The number of hydrogen-bond donors (Lipinski definition) is 2. The number of nitrogens with one attached hydrogen (secondary N) is 2. The van der Waals surface area contributed by atoms with E-state index < -0.39 is 21.7 Å². The number of halogens is 1. The van der Waals surface area contributed by atoms with Crippen molar-refractivity contribution >= 4 is 21.6 Å². The van der Waals surface area contributed by atoms with Crippen molar-refractivity contribution < 1.29 is 27.1 Å². The number of benzene rings is 3. The summed E-state index contributed by atoms with van der Waals surface area (Å²) < 4.78 is 52.2. The molecule has 1 amide bonds. The van der Waals surface area contributed by atoms with Gasteiger partial charge in [-0.15, -0.1) is 0 Å². The van der Waals surface area contributed by atoms with Crippen LogP contribution in [-0.2, 0) is 16.6 Å². The average Bonchev–Trinajstić information content (AvgIpc) is 2.79. The molecule has 2 N–H and O–H groups in total. The van der Waals surface area contributed by atoms with Crippen LogP contribution in [0.1, 0.15) is 15.9 Å². The third-order valence-electron chi connectivity index (χ3n) is 4.58. The van der Waals surface area contributed by atoms with Gasteiger partial charge >= 0.3 is 0 Å². The molecular weight excluding hydrogens is 423 g/mol. The van der Waals surface area contributed by atoms with Gasteiger partial charge in [-0.2, -0.15) is 0 Å². The van der Waals surface area contributed by atoms with Gasteiger partial charge in [-0.1, -0.05) is 24.3 Å². The molecule has 1 aliphatic rings. The van der Waals surface area contributed by atoms with E-state index >= 15 is 0 Å². The molecule has 9 heteroatoms. The normalized spacial score (nSPS) is 12.8. The minimum atomic E-state index is -4.07. The molecule has 0 atom stereocenters. The number of para-hydroxylation sites is 1. The predicted octanol–water partition coefficient (Wildman–Crippen LogP) is 3.33. The predicted molar refractivity (Wildman–Crippen MR) is 112 cm³/mol. The average molecular weight is 442 g/mol. The van der Waals surface area contributed by atoms with E-state index in [1.165, 1.54) is 42.5 Å². The SMILES string of the molecule is O=C(NCc1ccc2c(c1)OCCO2)c1cccc(S(=O)(=O)Nc2ccccc2F)c1. The summed E-state index contributed by atoms with van der Waals surface area (Å²) in [6.45, 7) is 1.18. The largest absolute Gasteiger partial charge is 0.486 e. The van der Waals surface area contributed by atoms with Gasteiger partial charge in [0.15, 0.2) is 11.5 Å². The highest BCUT2D eigenvalue weighted by atomic mass is 32.2. The van der Waals surface area contributed by atoms with Crippen molar-refractivity contribution in [3.8, 4) is 11.5 Å². The van der Waals surface area contributed by atoms with Crippen LogP contribution >= 0.6 is 0 Å². The number of fused-ring (bicyclic) bond motifs is 1. The molecule has 1 heterocycles. The van der Waals surface area contributed by atoms with Crippen molar-refractivity contribution in [1.82, 2.24) is 5.32 Å². The highest BCUT2D eigenvalue weighted by molar-refractivity contribution is 7.92. The number of anilines is 1. The van der Waals surface area contributed by atoms with E-state index in [-0.39, 0.29) is 22.7 Å². The van der Waals surface area contributed by atoms with Crippen LogP contribution in [0.4, 0.5) is 10.1 Å². The molecule has 160 valence electrons. The zero-order valence-corrected chi connectivity index (χ0v) is 17.1. The molecular formula is C22H19FN2O5S. The maximum atomic E-state index is 13.8. The first-order valence-electron chi connectivity index (χ1n) is 9.46. The van der Waals surface area contributed by atoms with Crippen molar-refractivity contribution in [2.24, 2.45) is 0 Å². The summed E-state index contributed by atoms with van der Waals surface area (Å²) in [5, 5.41) is 2.75. The Labute approximate surface area is 178 Å². The molecule has 31 heavy (non-hydrogen) atoms. The number of ether oxygens (including phenoxy) is 2. The van der Waals surface area contributed by atoms with Gasteiger partial charge in [0.05, 0.1) is 10.6 Å². The van der Waals surface area contributed by atoms with Crippen LogP contribution in [0, 0.1) is 5.82 Å². The van der Waals surface area contributed by atoms with Gasteiger partial charge < -0.3 is 14.8 Å². The van der Waals surface area contributed by atoms with Crippen LogP contribution in [0.3, 0.4) is 0 Å². The second-order valence-corrected chi connectivity index (χ2v) is 8.46. The molecule has 0 aliphatic carbocycles. The Balaban J connectivity index is 1.46. The molecule has 0 saturated heterocycles. The van der Waals surface area contributed by atoms with E-state index in [1.807, 2.05) is 6.07 Å². The quantitative estimate of drug-likeness (QED) is 0.611. The van der Waals surface area contributed by atoms with Gasteiger partial charge in [0, 0.05) is 12.1 Å². The Hall–Kier alpha value is -3.59. The molecule has 0 spiro atoms. The van der Waals surface area contributed by atoms with E-state index in [2.05, 4.69) is 10.0 Å². The van der Waals surface area contributed by atoms with Crippen LogP contribution in [0.25, 0.3) is 0 Å². The lowest BCUT2D eigenvalue weighted by atomic mass is 10.1. The van der Waals surface area contributed by atoms with Gasteiger partial charge in [-0.05, 0) is 48.0 Å². The van der Waals surface area contributed by atoms with E-state index in [0.717, 1.165) is 11.6 Å². The lowest BCUT2D eigenvalue weighted by molar-refractivity contribution is 0.0950. The van der Waals surface area contributed by atoms with Gasteiger partial charge in [-0.25, -0.2) is 12.8 Å². The molecule has 3 aromatic carbocycles. The highest BCUT2D eigenvalue weighted by Gasteiger charge is 2.18. The molecule has 0 bridgehead atoms. The molecule has 0 aromatic heterocycles. The molecule has 0 saturated carbocycles. The van der Waals surface area contributed by atoms with Crippen LogP contribution in [0.5, 0.6) is 11.5 Å². The Morgan fingerprint density at radius 1 is 0.935 bits per heavy atom. The van der Waals surface area contributed by atoms with Crippen molar-refractivity contribution in [2.75, 3.05) is 17.9 Å². The summed E-state index contributed by atoms with van der Waals surface area (Å²) in [6, 6.07) is 16.3. The summed E-state index contributed by atoms with van der Waals surface area (Å²) >= 11 is 0. The van der Waals surface area contributed by atoms with Crippen molar-refractivity contribution in [2.45, 2.75) is 11.4 Å². The van der Waals surface area contributed by atoms with E-state index in [0.29, 0.717) is 24.7 Å². The van der Waals surface area contributed by atoms with Crippen LogP contribution < -0.4 is 19.5 Å². The number of hydrogen-bond acceptors (Lipinski definition) is 5. The fourth-order valence-electron chi connectivity index (χ4n) is 3.03. The lowest BCUT2D eigenvalue weighted by Gasteiger charge is -2.19. The first kappa shape index (κ1) is 20.7. The topological polar surface area (TPSA) is 93.7 Å². The van der Waals surface area contributed by atoms with Crippen molar-refractivity contribution in [3.05, 3.63) is 83.7 Å². The minimum Gasteiger partial charge on any atom is -0.486 e. The van der Waals surface area contributed by atoms with Crippen molar-refractivity contribution in [3.63, 3.8) is 0 Å². The number of carbonyl (C=O) groups excluding carboxylic acids is 1. The third-order valence-corrected chi connectivity index (χ3v) is 5.95. The molecule has 4 rings (SSSR count). The number of amides is 1. The van der Waals surface area contributed by atoms with Crippen LogP contribution in [-0.4, -0.2) is 27.5 Å². The van der Waals surface area contributed by atoms with Gasteiger partial charge in [0.1, 0.15) is 19.0 Å². The number of rotatable bonds is 6. The van der Waals surface area contributed by atoms with Gasteiger partial charge in [-0.3, -0.25) is 9.52 Å². The first-order valence-corrected chi connectivity index (χ1v) is 10.9.